The Hall–Kier alpha value is -5.15. The zero-order chi connectivity index (χ0) is 35.0. The molecule has 0 aromatic heterocycles. The van der Waals surface area contributed by atoms with E-state index in [2.05, 4.69) is 28.7 Å². The van der Waals surface area contributed by atoms with Crippen molar-refractivity contribution in [1.29, 1.82) is 0 Å². The van der Waals surface area contributed by atoms with Crippen LogP contribution in [0.3, 0.4) is 0 Å². The third-order valence-electron chi connectivity index (χ3n) is 11.7. The number of phenolic OH excluding ortho intramolecular Hbond substituents is 1. The van der Waals surface area contributed by atoms with Gasteiger partial charge in [-0.15, -0.1) is 0 Å². The van der Waals surface area contributed by atoms with E-state index in [1.54, 1.807) is 18.2 Å². The minimum Gasteiger partial charge on any atom is -0.507 e. The molecule has 3 aliphatic carbocycles. The first-order valence-corrected chi connectivity index (χ1v) is 18.3. The van der Waals surface area contributed by atoms with Gasteiger partial charge in [-0.3, -0.25) is 24.1 Å². The fourth-order valence-corrected chi connectivity index (χ4v) is 9.98. The van der Waals surface area contributed by atoms with Gasteiger partial charge in [0.1, 0.15) is 5.75 Å². The van der Waals surface area contributed by atoms with Crippen LogP contribution in [0, 0.1) is 27.2 Å². The van der Waals surface area contributed by atoms with Crippen molar-refractivity contribution in [2.45, 2.75) is 24.2 Å². The Labute approximate surface area is 308 Å². The van der Waals surface area contributed by atoms with E-state index >= 15 is 9.59 Å². The van der Waals surface area contributed by atoms with Crippen molar-refractivity contribution in [2.24, 2.45) is 23.7 Å². The quantitative estimate of drug-likeness (QED) is 0.113. The Morgan fingerprint density at radius 3 is 2.10 bits per heavy atom. The Morgan fingerprint density at radius 2 is 1.37 bits per heavy atom. The number of anilines is 1. The number of allylic oxidation sites excluding steroid dienone is 4. The van der Waals surface area contributed by atoms with Crippen LogP contribution in [-0.4, -0.2) is 28.5 Å². The highest BCUT2D eigenvalue weighted by Gasteiger charge is 2.66. The summed E-state index contributed by atoms with van der Waals surface area (Å²) >= 11 is 2.20. The lowest BCUT2D eigenvalue weighted by molar-refractivity contribution is -0.134. The molecule has 7 heteroatoms. The first-order chi connectivity index (χ1) is 24.8. The van der Waals surface area contributed by atoms with Crippen LogP contribution in [0.2, 0.25) is 0 Å². The number of benzene rings is 5. The molecule has 250 valence electrons. The molecule has 1 saturated carbocycles. The highest BCUT2D eigenvalue weighted by molar-refractivity contribution is 14.1. The van der Waals surface area contributed by atoms with Crippen LogP contribution in [0.4, 0.5) is 5.69 Å². The van der Waals surface area contributed by atoms with Gasteiger partial charge in [0.05, 0.1) is 22.9 Å². The topological polar surface area (TPSA) is 91.8 Å². The average Bonchev–Trinajstić information content (AvgIpc) is 3.42. The van der Waals surface area contributed by atoms with Crippen LogP contribution >= 0.6 is 22.6 Å². The number of aromatic hydroxyl groups is 1. The van der Waals surface area contributed by atoms with Crippen molar-refractivity contribution in [2.75, 3.05) is 4.90 Å². The van der Waals surface area contributed by atoms with Crippen molar-refractivity contribution in [1.82, 2.24) is 0 Å². The molecular weight excluding hydrogens is 749 g/mol. The number of carbonyl (C=O) groups excluding carboxylic acids is 4. The maximum Gasteiger partial charge on any atom is 0.238 e. The Bertz CT molecular complexity index is 2350. The number of imide groups is 1. The smallest absolute Gasteiger partial charge is 0.238 e. The first kappa shape index (κ1) is 31.8. The molecular formula is C44H32INO5. The predicted octanol–water partition coefficient (Wildman–Crippen LogP) is 8.18. The molecule has 2 fully saturated rings. The molecule has 0 spiro atoms. The van der Waals surface area contributed by atoms with E-state index in [0.717, 1.165) is 25.7 Å². The number of ketones is 2. The molecule has 4 aliphatic rings. The van der Waals surface area contributed by atoms with E-state index < -0.39 is 35.0 Å². The van der Waals surface area contributed by atoms with Gasteiger partial charge in [-0.05, 0) is 99.8 Å². The van der Waals surface area contributed by atoms with Crippen LogP contribution in [-0.2, 0) is 24.6 Å². The molecule has 5 aromatic rings. The third-order valence-corrected chi connectivity index (χ3v) is 12.4. The Balaban J connectivity index is 1.31. The summed E-state index contributed by atoms with van der Waals surface area (Å²) in [5.74, 6) is -3.93. The SMILES string of the molecule is O=C1C(c2ccccc2)=CC(=O)[C@@]2(c3ccccc3)[C@@H](c3ccc(O)c4ccccc34)C3=CC[C@@H]4C(=O)N(c5ccc(I)cc5)C(=O)[C@@H]4[C@@H]3C[C@@H]12. The normalized spacial score (nSPS) is 27.1. The van der Waals surface area contributed by atoms with E-state index in [1.165, 1.54) is 11.0 Å². The van der Waals surface area contributed by atoms with E-state index in [0.29, 0.717) is 28.6 Å². The molecule has 1 aliphatic heterocycles. The number of hydrogen-bond acceptors (Lipinski definition) is 5. The van der Waals surface area contributed by atoms with E-state index in [-0.39, 0.29) is 35.6 Å². The van der Waals surface area contributed by atoms with Gasteiger partial charge in [-0.1, -0.05) is 103 Å². The van der Waals surface area contributed by atoms with Crippen molar-refractivity contribution in [3.63, 3.8) is 0 Å². The fourth-order valence-electron chi connectivity index (χ4n) is 9.62. The number of carbonyl (C=O) groups is 4. The number of phenols is 1. The molecule has 1 N–H and O–H groups in total. The van der Waals surface area contributed by atoms with Gasteiger partial charge in [0.15, 0.2) is 11.6 Å². The highest BCUT2D eigenvalue weighted by atomic mass is 127. The number of amides is 2. The second-order valence-corrected chi connectivity index (χ2v) is 15.2. The van der Waals surface area contributed by atoms with Gasteiger partial charge < -0.3 is 5.11 Å². The molecule has 0 radical (unpaired) electrons. The number of hydrogen-bond donors (Lipinski definition) is 1. The van der Waals surface area contributed by atoms with Crippen molar-refractivity contribution in [3.05, 3.63) is 159 Å². The summed E-state index contributed by atoms with van der Waals surface area (Å²) in [5.41, 5.74) is 2.66. The molecule has 2 amide bonds. The van der Waals surface area contributed by atoms with Gasteiger partial charge >= 0.3 is 0 Å². The lowest BCUT2D eigenvalue weighted by Gasteiger charge is -2.55. The minimum atomic E-state index is -1.34. The number of fused-ring (bicyclic) bond motifs is 5. The van der Waals surface area contributed by atoms with E-state index in [9.17, 15) is 14.7 Å². The summed E-state index contributed by atoms with van der Waals surface area (Å²) in [4.78, 5) is 60.5. The lowest BCUT2D eigenvalue weighted by atomic mass is 9.44. The van der Waals surface area contributed by atoms with Crippen LogP contribution in [0.15, 0.2) is 139 Å². The molecule has 9 rings (SSSR count). The highest BCUT2D eigenvalue weighted by Crippen LogP contribution is 2.64. The monoisotopic (exact) mass is 781 g/mol. The van der Waals surface area contributed by atoms with E-state index in [1.807, 2.05) is 103 Å². The summed E-state index contributed by atoms with van der Waals surface area (Å²) < 4.78 is 0.994. The summed E-state index contributed by atoms with van der Waals surface area (Å²) in [6.45, 7) is 0. The standard InChI is InChI=1S/C44H32INO5/c45-27-15-17-28(18-16-27)46-42(50)33-20-19-32-35(39(33)43(46)51)23-36-41(49)34(25-9-3-1-4-10-25)24-38(48)44(36,26-11-5-2-6-12-26)40(32)31-21-22-37(47)30-14-8-7-13-29(30)31/h1-19,21-22,24,33,35-36,39-40,47H,20,23H2/t33-,35+,36-,39-,40-,44-/m0/s1. The number of Topliss-reactive ketones (excluding diaryl/α,β-unsaturated/α-hetero) is 1. The predicted molar refractivity (Wildman–Crippen MR) is 204 cm³/mol. The Kier molecular flexibility index (Phi) is 7.47. The third kappa shape index (κ3) is 4.60. The Morgan fingerprint density at radius 1 is 0.706 bits per heavy atom. The van der Waals surface area contributed by atoms with Crippen molar-refractivity contribution >= 4 is 68.0 Å². The van der Waals surface area contributed by atoms with Crippen molar-refractivity contribution in [3.8, 4) is 5.75 Å². The van der Waals surface area contributed by atoms with Crippen LogP contribution < -0.4 is 4.90 Å². The maximum absolute atomic E-state index is 15.3. The van der Waals surface area contributed by atoms with Gasteiger partial charge in [0.25, 0.3) is 0 Å². The molecule has 0 bridgehead atoms. The molecule has 0 unspecified atom stereocenters. The van der Waals surface area contributed by atoms with Crippen LogP contribution in [0.5, 0.6) is 5.75 Å². The van der Waals surface area contributed by atoms with Gasteiger partial charge in [-0.2, -0.15) is 0 Å². The van der Waals surface area contributed by atoms with Gasteiger partial charge in [0.2, 0.25) is 11.8 Å². The molecule has 1 heterocycles. The molecule has 51 heavy (non-hydrogen) atoms. The zero-order valence-electron chi connectivity index (χ0n) is 27.4. The van der Waals surface area contributed by atoms with E-state index in [4.69, 9.17) is 0 Å². The summed E-state index contributed by atoms with van der Waals surface area (Å²) in [7, 11) is 0. The van der Waals surface area contributed by atoms with Gasteiger partial charge in [-0.25, -0.2) is 0 Å². The fraction of sp³-hybridized carbons (Fsp3) is 0.182. The summed E-state index contributed by atoms with van der Waals surface area (Å²) in [6, 6.07) is 37.3. The van der Waals surface area contributed by atoms with Crippen LogP contribution in [0.1, 0.15) is 35.4 Å². The number of rotatable bonds is 4. The zero-order valence-corrected chi connectivity index (χ0v) is 29.6. The number of halogens is 1. The molecule has 6 nitrogen and oxygen atoms in total. The molecule has 1 saturated heterocycles. The van der Waals surface area contributed by atoms with Crippen LogP contribution in [0.25, 0.3) is 16.3 Å². The minimum absolute atomic E-state index is 0.117. The molecule has 5 aromatic carbocycles. The molecule has 6 atom stereocenters. The first-order valence-electron chi connectivity index (χ1n) is 17.3. The number of nitrogens with zero attached hydrogens (tertiary/aromatic N) is 1. The largest absolute Gasteiger partial charge is 0.507 e. The maximum atomic E-state index is 15.3. The average molecular weight is 782 g/mol. The second kappa shape index (κ2) is 12.0. The van der Waals surface area contributed by atoms with Crippen molar-refractivity contribution < 1.29 is 24.3 Å². The lowest BCUT2D eigenvalue weighted by Crippen LogP contribution is -2.58. The second-order valence-electron chi connectivity index (χ2n) is 14.0. The summed E-state index contributed by atoms with van der Waals surface area (Å²) in [5, 5.41) is 12.4. The summed E-state index contributed by atoms with van der Waals surface area (Å²) in [6.07, 6.45) is 4.20. The van der Waals surface area contributed by atoms with Gasteiger partial charge in [0, 0.05) is 26.4 Å².